The van der Waals surface area contributed by atoms with E-state index in [4.69, 9.17) is 0 Å². The van der Waals surface area contributed by atoms with E-state index in [1.807, 2.05) is 41.3 Å². The van der Waals surface area contributed by atoms with Crippen LogP contribution in [0.3, 0.4) is 0 Å². The largest absolute Gasteiger partial charge is 0.303 e. The molecule has 144 valence electrons. The van der Waals surface area contributed by atoms with Crippen molar-refractivity contribution in [3.63, 3.8) is 0 Å². The number of allylic oxidation sites excluding steroid dienone is 3. The Hall–Kier alpha value is -2.61. The van der Waals surface area contributed by atoms with Gasteiger partial charge in [-0.25, -0.2) is 0 Å². The molecule has 1 aliphatic heterocycles. The van der Waals surface area contributed by atoms with Crippen molar-refractivity contribution < 1.29 is 4.79 Å². The molecule has 2 nitrogen and oxygen atoms in total. The first kappa shape index (κ1) is 18.7. The molecule has 2 heteroatoms. The summed E-state index contributed by atoms with van der Waals surface area (Å²) in [6, 6.07) is 18.2. The molecule has 1 heterocycles. The molecule has 0 fully saturated rings. The number of amides is 1. The first-order valence-electron chi connectivity index (χ1n) is 10.1. The van der Waals surface area contributed by atoms with E-state index in [-0.39, 0.29) is 16.7 Å². The molecule has 2 aromatic carbocycles. The zero-order chi connectivity index (χ0) is 19.9. The van der Waals surface area contributed by atoms with E-state index in [1.165, 1.54) is 12.0 Å². The van der Waals surface area contributed by atoms with Crippen LogP contribution in [0.5, 0.6) is 0 Å². The number of hydrogen-bond donors (Lipinski definition) is 0. The molecule has 0 N–H and O–H groups in total. The predicted octanol–water partition coefficient (Wildman–Crippen LogP) is 6.46. The van der Waals surface area contributed by atoms with Crippen LogP contribution in [0.25, 0.3) is 5.70 Å². The minimum atomic E-state index is 0.0978. The average Bonchev–Trinajstić information content (AvgIpc) is 2.86. The number of nitrogens with zero attached hydrogens (tertiary/aromatic N) is 1. The molecule has 0 bridgehead atoms. The molecule has 4 rings (SSSR count). The van der Waals surface area contributed by atoms with Crippen LogP contribution in [0.2, 0.25) is 0 Å². The van der Waals surface area contributed by atoms with E-state index >= 15 is 0 Å². The minimum absolute atomic E-state index is 0.0978. The minimum Gasteiger partial charge on any atom is -0.303 e. The van der Waals surface area contributed by atoms with Crippen molar-refractivity contribution in [1.82, 2.24) is 4.90 Å². The Balaban J connectivity index is 1.78. The maximum Gasteiger partial charge on any atom is 0.259 e. The van der Waals surface area contributed by atoms with Gasteiger partial charge in [0.05, 0.1) is 12.2 Å². The summed E-state index contributed by atoms with van der Waals surface area (Å²) in [5, 5.41) is 0. The van der Waals surface area contributed by atoms with E-state index in [0.29, 0.717) is 6.54 Å². The number of carbonyl (C=O) groups is 1. The summed E-state index contributed by atoms with van der Waals surface area (Å²) in [4.78, 5) is 15.1. The second kappa shape index (κ2) is 6.77. The van der Waals surface area contributed by atoms with Gasteiger partial charge in [-0.15, -0.1) is 0 Å². The van der Waals surface area contributed by atoms with E-state index in [0.717, 1.165) is 28.8 Å². The topological polar surface area (TPSA) is 20.3 Å². The van der Waals surface area contributed by atoms with Crippen molar-refractivity contribution in [3.8, 4) is 0 Å². The monoisotopic (exact) mass is 371 g/mol. The molecule has 0 aromatic heterocycles. The second-order valence-electron chi connectivity index (χ2n) is 9.68. The van der Waals surface area contributed by atoms with E-state index in [2.05, 4.69) is 58.0 Å². The lowest BCUT2D eigenvalue weighted by Gasteiger charge is -2.39. The Bertz CT molecular complexity index is 963. The molecule has 0 spiro atoms. The molecule has 0 radical (unpaired) electrons. The maximum atomic E-state index is 13.2. The molecule has 0 unspecified atom stereocenters. The van der Waals surface area contributed by atoms with Crippen molar-refractivity contribution in [2.75, 3.05) is 0 Å². The van der Waals surface area contributed by atoms with Crippen molar-refractivity contribution in [2.45, 2.75) is 47.1 Å². The number of rotatable bonds is 3. The molecular weight excluding hydrogens is 342 g/mol. The zero-order valence-electron chi connectivity index (χ0n) is 17.3. The third-order valence-electron chi connectivity index (χ3n) is 5.67. The number of fused-ring (bicyclic) bond motifs is 1. The van der Waals surface area contributed by atoms with Crippen molar-refractivity contribution in [2.24, 2.45) is 10.8 Å². The van der Waals surface area contributed by atoms with Gasteiger partial charge in [0.25, 0.3) is 5.91 Å². The maximum absolute atomic E-state index is 13.2. The third-order valence-corrected chi connectivity index (χ3v) is 5.67. The SMILES string of the molecule is CC1(C)C=C(/C=C2\c3ccccc3C(=O)N2Cc2ccccc2)CC(C)(C)C1. The Labute approximate surface area is 168 Å². The smallest absolute Gasteiger partial charge is 0.259 e. The number of hydrogen-bond acceptors (Lipinski definition) is 1. The highest BCUT2D eigenvalue weighted by Gasteiger charge is 2.35. The summed E-state index contributed by atoms with van der Waals surface area (Å²) in [6.45, 7) is 9.90. The van der Waals surface area contributed by atoms with Crippen LogP contribution in [0.1, 0.15) is 62.0 Å². The Kier molecular flexibility index (Phi) is 4.53. The van der Waals surface area contributed by atoms with Crippen LogP contribution < -0.4 is 0 Å². The highest BCUT2D eigenvalue weighted by molar-refractivity contribution is 6.09. The van der Waals surface area contributed by atoms with Gasteiger partial charge in [0.2, 0.25) is 0 Å². The van der Waals surface area contributed by atoms with Crippen molar-refractivity contribution in [3.05, 3.63) is 89.0 Å². The van der Waals surface area contributed by atoms with Crippen LogP contribution in [0, 0.1) is 10.8 Å². The summed E-state index contributed by atoms with van der Waals surface area (Å²) >= 11 is 0. The average molecular weight is 372 g/mol. The lowest BCUT2D eigenvalue weighted by Crippen LogP contribution is -2.27. The predicted molar refractivity (Wildman–Crippen MR) is 116 cm³/mol. The Morgan fingerprint density at radius 3 is 2.25 bits per heavy atom. The summed E-state index contributed by atoms with van der Waals surface area (Å²) in [7, 11) is 0. The van der Waals surface area contributed by atoms with Gasteiger partial charge in [0.15, 0.2) is 0 Å². The summed E-state index contributed by atoms with van der Waals surface area (Å²) < 4.78 is 0. The molecule has 0 atom stereocenters. The normalized spacial score (nSPS) is 21.6. The standard InChI is InChI=1S/C26H29NO/c1-25(2)15-20(16-26(3,4)18-25)14-23-21-12-8-9-13-22(21)24(28)27(23)17-19-10-6-5-7-11-19/h5-15H,16-18H2,1-4H3/b23-14+. The summed E-state index contributed by atoms with van der Waals surface area (Å²) in [6.07, 6.45) is 6.87. The van der Waals surface area contributed by atoms with Gasteiger partial charge in [-0.05, 0) is 47.0 Å². The summed E-state index contributed by atoms with van der Waals surface area (Å²) in [5.74, 6) is 0.0978. The molecule has 0 saturated heterocycles. The summed E-state index contributed by atoms with van der Waals surface area (Å²) in [5.41, 5.74) is 5.79. The highest BCUT2D eigenvalue weighted by Crippen LogP contribution is 2.46. The van der Waals surface area contributed by atoms with Crippen LogP contribution in [-0.2, 0) is 6.54 Å². The highest BCUT2D eigenvalue weighted by atomic mass is 16.2. The van der Waals surface area contributed by atoms with Gasteiger partial charge in [-0.1, -0.05) is 82.3 Å². The van der Waals surface area contributed by atoms with Gasteiger partial charge in [-0.2, -0.15) is 0 Å². The van der Waals surface area contributed by atoms with E-state index in [1.54, 1.807) is 0 Å². The molecule has 2 aliphatic rings. The lowest BCUT2D eigenvalue weighted by atomic mass is 9.66. The van der Waals surface area contributed by atoms with Gasteiger partial charge < -0.3 is 4.90 Å². The van der Waals surface area contributed by atoms with Gasteiger partial charge in [0.1, 0.15) is 0 Å². The molecule has 1 aliphatic carbocycles. The first-order chi connectivity index (χ1) is 13.2. The molecule has 2 aromatic rings. The van der Waals surface area contributed by atoms with Crippen LogP contribution in [0.15, 0.2) is 72.3 Å². The fourth-order valence-corrected chi connectivity index (χ4v) is 5.09. The molecular formula is C26H29NO. The Morgan fingerprint density at radius 1 is 0.929 bits per heavy atom. The fraction of sp³-hybridized carbons (Fsp3) is 0.346. The molecule has 0 saturated carbocycles. The second-order valence-corrected chi connectivity index (χ2v) is 9.68. The Morgan fingerprint density at radius 2 is 1.57 bits per heavy atom. The van der Waals surface area contributed by atoms with Gasteiger partial charge >= 0.3 is 0 Å². The van der Waals surface area contributed by atoms with Crippen LogP contribution in [0.4, 0.5) is 0 Å². The van der Waals surface area contributed by atoms with Crippen molar-refractivity contribution in [1.29, 1.82) is 0 Å². The van der Waals surface area contributed by atoms with Crippen LogP contribution in [-0.4, -0.2) is 10.8 Å². The first-order valence-corrected chi connectivity index (χ1v) is 10.1. The quantitative estimate of drug-likeness (QED) is 0.606. The number of carbonyl (C=O) groups excluding carboxylic acids is 1. The zero-order valence-corrected chi connectivity index (χ0v) is 17.3. The number of benzene rings is 2. The third kappa shape index (κ3) is 3.69. The fourth-order valence-electron chi connectivity index (χ4n) is 5.09. The van der Waals surface area contributed by atoms with Crippen LogP contribution >= 0.6 is 0 Å². The van der Waals surface area contributed by atoms with E-state index in [9.17, 15) is 4.79 Å². The van der Waals surface area contributed by atoms with Crippen molar-refractivity contribution >= 4 is 11.6 Å². The molecule has 1 amide bonds. The van der Waals surface area contributed by atoms with Gasteiger partial charge in [-0.3, -0.25) is 4.79 Å². The van der Waals surface area contributed by atoms with Gasteiger partial charge in [0, 0.05) is 11.1 Å². The lowest BCUT2D eigenvalue weighted by molar-refractivity contribution is 0.0843. The molecule has 28 heavy (non-hydrogen) atoms. The van der Waals surface area contributed by atoms with E-state index < -0.39 is 0 Å².